The van der Waals surface area contributed by atoms with Crippen LogP contribution in [0, 0.1) is 11.8 Å². The second-order valence-corrected chi connectivity index (χ2v) is 4.48. The van der Waals surface area contributed by atoms with Crippen molar-refractivity contribution in [3.63, 3.8) is 0 Å². The highest BCUT2D eigenvalue weighted by molar-refractivity contribution is 5.69. The maximum Gasteiger partial charge on any atom is 0.305 e. The molecule has 0 saturated carbocycles. The van der Waals surface area contributed by atoms with Gasteiger partial charge in [-0.3, -0.25) is 4.79 Å². The molecule has 14 heavy (non-hydrogen) atoms. The molecule has 0 spiro atoms. The molecule has 0 aliphatic carbocycles. The van der Waals surface area contributed by atoms with Crippen LogP contribution in [-0.2, 0) is 9.53 Å². The molecule has 2 atom stereocenters. The van der Waals surface area contributed by atoms with Gasteiger partial charge in [0.2, 0.25) is 0 Å². The van der Waals surface area contributed by atoms with Crippen molar-refractivity contribution in [2.24, 2.45) is 11.8 Å². The van der Waals surface area contributed by atoms with E-state index < -0.39 is 0 Å². The molecule has 1 rings (SSSR count). The van der Waals surface area contributed by atoms with Gasteiger partial charge in [0.15, 0.2) is 0 Å². The molecule has 0 radical (unpaired) electrons. The van der Waals surface area contributed by atoms with E-state index in [1.807, 2.05) is 0 Å². The SMILES string of the molecule is COC(=O)CC1CCNC(C(C)C)C1. The fraction of sp³-hybridized carbons (Fsp3) is 0.909. The minimum atomic E-state index is -0.0700. The van der Waals surface area contributed by atoms with E-state index in [9.17, 15) is 4.79 Å². The molecule has 2 unspecified atom stereocenters. The normalized spacial score (nSPS) is 27.7. The Morgan fingerprint density at radius 2 is 2.29 bits per heavy atom. The third-order valence-corrected chi connectivity index (χ3v) is 3.03. The van der Waals surface area contributed by atoms with E-state index in [1.54, 1.807) is 0 Å². The average Bonchev–Trinajstić information content (AvgIpc) is 2.18. The quantitative estimate of drug-likeness (QED) is 0.701. The highest BCUT2D eigenvalue weighted by atomic mass is 16.5. The highest BCUT2D eigenvalue weighted by Gasteiger charge is 2.25. The van der Waals surface area contributed by atoms with Gasteiger partial charge in [-0.25, -0.2) is 0 Å². The molecule has 82 valence electrons. The Hall–Kier alpha value is -0.570. The molecule has 1 saturated heterocycles. The van der Waals surface area contributed by atoms with Crippen molar-refractivity contribution in [2.45, 2.75) is 39.2 Å². The van der Waals surface area contributed by atoms with Crippen molar-refractivity contribution in [1.29, 1.82) is 0 Å². The Bertz CT molecular complexity index is 192. The van der Waals surface area contributed by atoms with Crippen molar-refractivity contribution in [3.8, 4) is 0 Å². The number of ether oxygens (including phenoxy) is 1. The fourth-order valence-electron chi connectivity index (χ4n) is 2.05. The molecule has 0 aromatic heterocycles. The average molecular weight is 199 g/mol. The predicted octanol–water partition coefficient (Wildman–Crippen LogP) is 1.57. The molecule has 1 fully saturated rings. The second kappa shape index (κ2) is 5.35. The summed E-state index contributed by atoms with van der Waals surface area (Å²) in [5.74, 6) is 1.09. The number of piperidine rings is 1. The van der Waals surface area contributed by atoms with Crippen molar-refractivity contribution < 1.29 is 9.53 Å². The Morgan fingerprint density at radius 3 is 2.86 bits per heavy atom. The van der Waals surface area contributed by atoms with Gasteiger partial charge in [-0.15, -0.1) is 0 Å². The molecular formula is C11H21NO2. The topological polar surface area (TPSA) is 38.3 Å². The summed E-state index contributed by atoms with van der Waals surface area (Å²) in [5.41, 5.74) is 0. The first-order valence-electron chi connectivity index (χ1n) is 5.43. The van der Waals surface area contributed by atoms with Crippen LogP contribution < -0.4 is 5.32 Å². The third-order valence-electron chi connectivity index (χ3n) is 3.03. The van der Waals surface area contributed by atoms with Crippen LogP contribution in [0.3, 0.4) is 0 Å². The van der Waals surface area contributed by atoms with Gasteiger partial charge in [0.05, 0.1) is 7.11 Å². The summed E-state index contributed by atoms with van der Waals surface area (Å²) in [6, 6.07) is 0.568. The van der Waals surface area contributed by atoms with Crippen LogP contribution in [0.4, 0.5) is 0 Å². The van der Waals surface area contributed by atoms with Crippen molar-refractivity contribution in [1.82, 2.24) is 5.32 Å². The number of methoxy groups -OCH3 is 1. The summed E-state index contributed by atoms with van der Waals surface area (Å²) in [4.78, 5) is 11.1. The minimum Gasteiger partial charge on any atom is -0.469 e. The molecule has 1 aliphatic rings. The van der Waals surface area contributed by atoms with Gasteiger partial charge in [0.1, 0.15) is 0 Å². The van der Waals surface area contributed by atoms with E-state index in [2.05, 4.69) is 23.9 Å². The highest BCUT2D eigenvalue weighted by Crippen LogP contribution is 2.23. The van der Waals surface area contributed by atoms with Crippen LogP contribution in [0.15, 0.2) is 0 Å². The fourth-order valence-corrected chi connectivity index (χ4v) is 2.05. The maximum atomic E-state index is 11.1. The maximum absolute atomic E-state index is 11.1. The Kier molecular flexibility index (Phi) is 4.39. The summed E-state index contributed by atoms with van der Waals surface area (Å²) in [7, 11) is 1.46. The van der Waals surface area contributed by atoms with E-state index in [4.69, 9.17) is 0 Å². The van der Waals surface area contributed by atoms with Crippen LogP contribution in [0.25, 0.3) is 0 Å². The lowest BCUT2D eigenvalue weighted by Gasteiger charge is -2.32. The molecule has 3 heteroatoms. The van der Waals surface area contributed by atoms with Gasteiger partial charge in [-0.1, -0.05) is 13.8 Å². The number of carbonyl (C=O) groups is 1. The smallest absolute Gasteiger partial charge is 0.305 e. The summed E-state index contributed by atoms with van der Waals surface area (Å²) in [5, 5.41) is 3.49. The molecule has 0 bridgehead atoms. The molecule has 3 nitrogen and oxygen atoms in total. The Labute approximate surface area is 86.2 Å². The van der Waals surface area contributed by atoms with Crippen LogP contribution in [-0.4, -0.2) is 25.7 Å². The zero-order valence-electron chi connectivity index (χ0n) is 9.38. The first kappa shape index (κ1) is 11.5. The molecule has 1 aliphatic heterocycles. The van der Waals surface area contributed by atoms with E-state index in [0.29, 0.717) is 24.3 Å². The molecular weight excluding hydrogens is 178 g/mol. The Balaban J connectivity index is 2.36. The van der Waals surface area contributed by atoms with Gasteiger partial charge in [0.25, 0.3) is 0 Å². The monoisotopic (exact) mass is 199 g/mol. The van der Waals surface area contributed by atoms with E-state index >= 15 is 0 Å². The number of hydrogen-bond acceptors (Lipinski definition) is 3. The molecule has 0 aromatic carbocycles. The number of nitrogens with one attached hydrogen (secondary N) is 1. The molecule has 0 amide bonds. The van der Waals surface area contributed by atoms with Gasteiger partial charge in [-0.2, -0.15) is 0 Å². The predicted molar refractivity (Wildman–Crippen MR) is 56.0 cm³/mol. The largest absolute Gasteiger partial charge is 0.469 e. The number of carbonyl (C=O) groups excluding carboxylic acids is 1. The van der Waals surface area contributed by atoms with E-state index in [0.717, 1.165) is 19.4 Å². The summed E-state index contributed by atoms with van der Waals surface area (Å²) in [6.07, 6.45) is 2.78. The van der Waals surface area contributed by atoms with Crippen molar-refractivity contribution in [2.75, 3.05) is 13.7 Å². The van der Waals surface area contributed by atoms with Gasteiger partial charge in [-0.05, 0) is 31.2 Å². The van der Waals surface area contributed by atoms with Crippen molar-refractivity contribution in [3.05, 3.63) is 0 Å². The van der Waals surface area contributed by atoms with Gasteiger partial charge in [0, 0.05) is 12.5 Å². The molecule has 0 aromatic rings. The van der Waals surface area contributed by atoms with Crippen LogP contribution in [0.2, 0.25) is 0 Å². The number of hydrogen-bond donors (Lipinski definition) is 1. The first-order valence-corrected chi connectivity index (χ1v) is 5.43. The summed E-state index contributed by atoms with van der Waals surface area (Å²) in [6.45, 7) is 5.47. The zero-order valence-corrected chi connectivity index (χ0v) is 9.38. The lowest BCUT2D eigenvalue weighted by molar-refractivity contribution is -0.142. The van der Waals surface area contributed by atoms with E-state index in [-0.39, 0.29) is 5.97 Å². The number of esters is 1. The standard InChI is InChI=1S/C11H21NO2/c1-8(2)10-6-9(4-5-12-10)7-11(13)14-3/h8-10,12H,4-7H2,1-3H3. The minimum absolute atomic E-state index is 0.0700. The number of rotatable bonds is 3. The van der Waals surface area contributed by atoms with Gasteiger partial charge >= 0.3 is 5.97 Å². The lowest BCUT2D eigenvalue weighted by Crippen LogP contribution is -2.41. The summed E-state index contributed by atoms with van der Waals surface area (Å²) < 4.78 is 4.69. The van der Waals surface area contributed by atoms with Crippen LogP contribution >= 0.6 is 0 Å². The zero-order chi connectivity index (χ0) is 10.6. The van der Waals surface area contributed by atoms with Crippen molar-refractivity contribution >= 4 is 5.97 Å². The second-order valence-electron chi connectivity index (χ2n) is 4.48. The van der Waals surface area contributed by atoms with Crippen LogP contribution in [0.5, 0.6) is 0 Å². The molecule has 1 heterocycles. The third kappa shape index (κ3) is 3.29. The first-order chi connectivity index (χ1) is 6.63. The summed E-state index contributed by atoms with van der Waals surface area (Å²) >= 11 is 0. The van der Waals surface area contributed by atoms with E-state index in [1.165, 1.54) is 7.11 Å². The molecule has 1 N–H and O–H groups in total. The van der Waals surface area contributed by atoms with Crippen LogP contribution in [0.1, 0.15) is 33.1 Å². The van der Waals surface area contributed by atoms with Gasteiger partial charge < -0.3 is 10.1 Å². The lowest BCUT2D eigenvalue weighted by atomic mass is 9.85. The Morgan fingerprint density at radius 1 is 1.57 bits per heavy atom.